The zero-order valence-corrected chi connectivity index (χ0v) is 10.2. The van der Waals surface area contributed by atoms with Crippen molar-refractivity contribution >= 4 is 0 Å². The van der Waals surface area contributed by atoms with E-state index in [1.807, 2.05) is 6.07 Å². The third kappa shape index (κ3) is 2.06. The molecule has 1 aromatic heterocycles. The number of ether oxygens (including phenoxy) is 1. The van der Waals surface area contributed by atoms with E-state index in [0.717, 1.165) is 24.4 Å². The number of rotatable bonds is 4. The number of aromatic nitrogens is 2. The van der Waals surface area contributed by atoms with E-state index >= 15 is 0 Å². The predicted molar refractivity (Wildman–Crippen MR) is 63.6 cm³/mol. The summed E-state index contributed by atoms with van der Waals surface area (Å²) in [4.78, 5) is 0. The van der Waals surface area contributed by atoms with E-state index in [1.54, 1.807) is 13.1 Å². The molecular formula is C13H20N2O2. The van der Waals surface area contributed by atoms with Crippen LogP contribution in [0.3, 0.4) is 0 Å². The van der Waals surface area contributed by atoms with Crippen LogP contribution < -0.4 is 4.74 Å². The van der Waals surface area contributed by atoms with Crippen LogP contribution in [-0.2, 0) is 0 Å². The van der Waals surface area contributed by atoms with Crippen LogP contribution in [0.2, 0.25) is 0 Å². The van der Waals surface area contributed by atoms with Crippen molar-refractivity contribution in [2.75, 3.05) is 6.61 Å². The fraction of sp³-hybridized carbons (Fsp3) is 0.769. The number of nitrogens with zero attached hydrogens (tertiary/aromatic N) is 2. The lowest BCUT2D eigenvalue weighted by Crippen LogP contribution is -2.16. The van der Waals surface area contributed by atoms with Gasteiger partial charge in [0.1, 0.15) is 6.23 Å². The maximum atomic E-state index is 9.36. The van der Waals surface area contributed by atoms with Gasteiger partial charge in [-0.05, 0) is 50.4 Å². The van der Waals surface area contributed by atoms with Crippen LogP contribution in [0, 0.1) is 17.8 Å². The van der Waals surface area contributed by atoms with E-state index in [4.69, 9.17) is 4.74 Å². The number of aliphatic hydroxyl groups excluding tert-OH is 1. The van der Waals surface area contributed by atoms with Crippen LogP contribution in [0.25, 0.3) is 0 Å². The Hall–Kier alpha value is -1.03. The Bertz CT molecular complexity index is 369. The fourth-order valence-electron chi connectivity index (χ4n) is 3.45. The average molecular weight is 236 g/mol. The van der Waals surface area contributed by atoms with Gasteiger partial charge in [-0.2, -0.15) is 0 Å². The summed E-state index contributed by atoms with van der Waals surface area (Å²) in [5.41, 5.74) is 0. The molecule has 2 fully saturated rings. The van der Waals surface area contributed by atoms with E-state index < -0.39 is 6.23 Å². The van der Waals surface area contributed by atoms with Gasteiger partial charge in [-0.15, -0.1) is 5.10 Å². The molecule has 2 aliphatic rings. The van der Waals surface area contributed by atoms with Gasteiger partial charge in [0.15, 0.2) is 0 Å². The Morgan fingerprint density at radius 1 is 1.41 bits per heavy atom. The summed E-state index contributed by atoms with van der Waals surface area (Å²) in [6, 6.07) is 1.82. The zero-order chi connectivity index (χ0) is 11.8. The second-order valence-electron chi connectivity index (χ2n) is 5.42. The van der Waals surface area contributed by atoms with Crippen LogP contribution >= 0.6 is 0 Å². The minimum Gasteiger partial charge on any atom is -0.476 e. The first-order valence-corrected chi connectivity index (χ1v) is 6.60. The Morgan fingerprint density at radius 3 is 2.59 bits per heavy atom. The summed E-state index contributed by atoms with van der Waals surface area (Å²) >= 11 is 0. The Labute approximate surface area is 102 Å². The van der Waals surface area contributed by atoms with Gasteiger partial charge in [0.05, 0.1) is 6.61 Å². The molecule has 0 radical (unpaired) electrons. The summed E-state index contributed by atoms with van der Waals surface area (Å²) in [6.45, 7) is 2.49. The molecule has 1 atom stereocenters. The molecule has 1 N–H and O–H groups in total. The molecule has 2 bridgehead atoms. The van der Waals surface area contributed by atoms with Gasteiger partial charge < -0.3 is 9.84 Å². The van der Waals surface area contributed by atoms with Crippen molar-refractivity contribution in [3.63, 3.8) is 0 Å². The van der Waals surface area contributed by atoms with Crippen LogP contribution in [0.4, 0.5) is 0 Å². The molecule has 0 spiro atoms. The molecule has 0 amide bonds. The highest BCUT2D eigenvalue weighted by atomic mass is 16.5. The third-order valence-electron chi connectivity index (χ3n) is 4.42. The average Bonchev–Trinajstić information content (AvgIpc) is 3.01. The normalized spacial score (nSPS) is 32.9. The standard InChI is InChI=1S/C13H20N2O2/c1-9(16)15-7-6-13(14-15)17-8-12-10-2-3-11(12)5-4-10/h6-7,9-12,16H,2-5,8H2,1H3. The van der Waals surface area contributed by atoms with Gasteiger partial charge in [-0.25, -0.2) is 4.68 Å². The third-order valence-corrected chi connectivity index (χ3v) is 4.42. The molecule has 94 valence electrons. The number of hydrogen-bond donors (Lipinski definition) is 1. The van der Waals surface area contributed by atoms with Crippen molar-refractivity contribution in [1.82, 2.24) is 9.78 Å². The second kappa shape index (κ2) is 4.33. The van der Waals surface area contributed by atoms with E-state index in [-0.39, 0.29) is 0 Å². The SMILES string of the molecule is CC(O)n1ccc(OCC2C3CCC2CC3)n1. The lowest BCUT2D eigenvalue weighted by Gasteiger charge is -2.15. The Morgan fingerprint density at radius 2 is 2.06 bits per heavy atom. The quantitative estimate of drug-likeness (QED) is 0.872. The largest absolute Gasteiger partial charge is 0.476 e. The first kappa shape index (κ1) is 11.1. The van der Waals surface area contributed by atoms with E-state index in [2.05, 4.69) is 5.10 Å². The van der Waals surface area contributed by atoms with E-state index in [9.17, 15) is 5.11 Å². The maximum absolute atomic E-state index is 9.36. The van der Waals surface area contributed by atoms with Gasteiger partial charge in [0.25, 0.3) is 0 Å². The highest BCUT2D eigenvalue weighted by Gasteiger charge is 2.41. The Kier molecular flexibility index (Phi) is 2.82. The van der Waals surface area contributed by atoms with Gasteiger partial charge in [0, 0.05) is 12.3 Å². The van der Waals surface area contributed by atoms with Crippen LogP contribution in [0.1, 0.15) is 38.8 Å². The molecule has 4 nitrogen and oxygen atoms in total. The van der Waals surface area contributed by atoms with Gasteiger partial charge in [-0.1, -0.05) is 0 Å². The molecule has 1 heterocycles. The highest BCUT2D eigenvalue weighted by molar-refractivity contribution is 5.06. The van der Waals surface area contributed by atoms with Gasteiger partial charge in [-0.3, -0.25) is 0 Å². The molecular weight excluding hydrogens is 216 g/mol. The number of fused-ring (bicyclic) bond motifs is 2. The lowest BCUT2D eigenvalue weighted by molar-refractivity contribution is 0.107. The van der Waals surface area contributed by atoms with Crippen LogP contribution in [-0.4, -0.2) is 21.5 Å². The number of hydrogen-bond acceptors (Lipinski definition) is 3. The minimum atomic E-state index is -0.588. The number of aliphatic hydroxyl groups is 1. The van der Waals surface area contributed by atoms with E-state index in [0.29, 0.717) is 5.88 Å². The molecule has 3 rings (SSSR count). The van der Waals surface area contributed by atoms with Crippen molar-refractivity contribution in [3.05, 3.63) is 12.3 Å². The maximum Gasteiger partial charge on any atom is 0.232 e. The molecule has 0 aliphatic heterocycles. The van der Waals surface area contributed by atoms with Crippen LogP contribution in [0.15, 0.2) is 12.3 Å². The minimum absolute atomic E-state index is 0.588. The van der Waals surface area contributed by atoms with Crippen molar-refractivity contribution in [2.24, 2.45) is 17.8 Å². The van der Waals surface area contributed by atoms with Crippen LogP contribution in [0.5, 0.6) is 5.88 Å². The first-order chi connectivity index (χ1) is 8.24. The molecule has 17 heavy (non-hydrogen) atoms. The second-order valence-corrected chi connectivity index (χ2v) is 5.42. The monoisotopic (exact) mass is 236 g/mol. The summed E-state index contributed by atoms with van der Waals surface area (Å²) in [5.74, 6) is 3.15. The molecule has 1 aromatic rings. The Balaban J connectivity index is 1.57. The van der Waals surface area contributed by atoms with Gasteiger partial charge in [0.2, 0.25) is 5.88 Å². The van der Waals surface area contributed by atoms with Crippen molar-refractivity contribution < 1.29 is 9.84 Å². The zero-order valence-electron chi connectivity index (χ0n) is 10.2. The smallest absolute Gasteiger partial charge is 0.232 e. The molecule has 2 aliphatic carbocycles. The summed E-state index contributed by atoms with van der Waals surface area (Å²) in [5, 5.41) is 13.5. The van der Waals surface area contributed by atoms with E-state index in [1.165, 1.54) is 30.4 Å². The molecule has 1 unspecified atom stereocenters. The molecule has 2 saturated carbocycles. The fourth-order valence-corrected chi connectivity index (χ4v) is 3.45. The predicted octanol–water partition coefficient (Wildman–Crippen LogP) is 2.21. The highest BCUT2D eigenvalue weighted by Crippen LogP contribution is 2.49. The molecule has 4 heteroatoms. The van der Waals surface area contributed by atoms with Crippen molar-refractivity contribution in [3.8, 4) is 5.88 Å². The lowest BCUT2D eigenvalue weighted by atomic mass is 9.99. The molecule has 0 aromatic carbocycles. The summed E-state index contributed by atoms with van der Waals surface area (Å²) in [6.07, 6.45) is 6.72. The summed E-state index contributed by atoms with van der Waals surface area (Å²) < 4.78 is 7.27. The molecule has 0 saturated heterocycles. The van der Waals surface area contributed by atoms with Gasteiger partial charge >= 0.3 is 0 Å². The van der Waals surface area contributed by atoms with Crippen molar-refractivity contribution in [2.45, 2.75) is 38.8 Å². The first-order valence-electron chi connectivity index (χ1n) is 6.60. The van der Waals surface area contributed by atoms with Crippen molar-refractivity contribution in [1.29, 1.82) is 0 Å². The summed E-state index contributed by atoms with van der Waals surface area (Å²) in [7, 11) is 0. The topological polar surface area (TPSA) is 47.3 Å².